The summed E-state index contributed by atoms with van der Waals surface area (Å²) in [5.74, 6) is 3.59. The van der Waals surface area contributed by atoms with Crippen LogP contribution in [0.15, 0.2) is 12.7 Å². The third kappa shape index (κ3) is 3.89. The van der Waals surface area contributed by atoms with Gasteiger partial charge in [-0.05, 0) is 122 Å². The summed E-state index contributed by atoms with van der Waals surface area (Å²) >= 11 is 0. The van der Waals surface area contributed by atoms with Crippen molar-refractivity contribution in [2.75, 3.05) is 6.61 Å². The van der Waals surface area contributed by atoms with Crippen molar-refractivity contribution in [1.82, 2.24) is 0 Å². The first kappa shape index (κ1) is 27.3. The average Bonchev–Trinajstić information content (AvgIpc) is 3.24. The maximum Gasteiger partial charge on any atom is 0.0568 e. The topological polar surface area (TPSA) is 40.5 Å². The van der Waals surface area contributed by atoms with Gasteiger partial charge in [0.25, 0.3) is 0 Å². The summed E-state index contributed by atoms with van der Waals surface area (Å²) in [5.41, 5.74) is 1.56. The monoisotopic (exact) mass is 460 g/mol. The molecule has 0 amide bonds. The zero-order chi connectivity index (χ0) is 24.7. The first-order valence-corrected chi connectivity index (χ1v) is 14.5. The standard InChI is InChI=1S/C26H44O2.C3H6.C2H6/c1-17-18-9-13-25(4)22(23(18,2)12-10-21(17)28)8-7-19-20-6-5-11-26(20,16-27)15-14-24(19,25)3;1-3-2;1-2/h17-22,27-28H,5-16H2,1-4H3;3H,1H2,2H3;1-2H3/t17?,18?,19?,20?,21?,22?,23?,24-,25?,26?;;/m1../s1. The molecular weight excluding hydrogens is 404 g/mol. The van der Waals surface area contributed by atoms with Gasteiger partial charge in [0.1, 0.15) is 0 Å². The molecule has 0 aromatic heterocycles. The molecule has 0 aliphatic heterocycles. The summed E-state index contributed by atoms with van der Waals surface area (Å²) in [4.78, 5) is 0. The van der Waals surface area contributed by atoms with Crippen LogP contribution in [0, 0.1) is 51.2 Å². The van der Waals surface area contributed by atoms with Crippen LogP contribution in [0.1, 0.15) is 119 Å². The molecule has 2 nitrogen and oxygen atoms in total. The minimum Gasteiger partial charge on any atom is -0.396 e. The normalized spacial score (nSPS) is 52.4. The summed E-state index contributed by atoms with van der Waals surface area (Å²) in [6.45, 7) is 20.0. The lowest BCUT2D eigenvalue weighted by molar-refractivity contribution is -0.235. The predicted molar refractivity (Wildman–Crippen MR) is 141 cm³/mol. The van der Waals surface area contributed by atoms with Crippen LogP contribution in [0.2, 0.25) is 0 Å². The fraction of sp³-hybridized carbons (Fsp3) is 0.935. The molecule has 5 aliphatic rings. The SMILES string of the molecule is C=CC.CC.CC1C(O)CCC2(C)C1CCC1(C)C2CCC2C3CCCC3(CO)CC[C@]21C. The van der Waals surface area contributed by atoms with Crippen molar-refractivity contribution in [3.8, 4) is 0 Å². The van der Waals surface area contributed by atoms with Crippen molar-refractivity contribution >= 4 is 0 Å². The summed E-state index contributed by atoms with van der Waals surface area (Å²) in [6, 6.07) is 0. The molecular formula is C31H56O2. The number of hydrogen-bond acceptors (Lipinski definition) is 2. The third-order valence-corrected chi connectivity index (χ3v) is 12.4. The number of aliphatic hydroxyl groups excluding tert-OH is 2. The number of aliphatic hydroxyl groups is 2. The number of hydrogen-bond donors (Lipinski definition) is 2. The molecule has 0 aromatic rings. The number of rotatable bonds is 1. The molecule has 33 heavy (non-hydrogen) atoms. The van der Waals surface area contributed by atoms with E-state index in [1.807, 2.05) is 20.8 Å². The van der Waals surface area contributed by atoms with E-state index < -0.39 is 0 Å². The van der Waals surface area contributed by atoms with E-state index in [1.165, 1.54) is 64.2 Å². The first-order valence-electron chi connectivity index (χ1n) is 14.5. The molecule has 0 heterocycles. The highest BCUT2D eigenvalue weighted by Crippen LogP contribution is 2.75. The molecule has 0 bridgehead atoms. The van der Waals surface area contributed by atoms with Gasteiger partial charge >= 0.3 is 0 Å². The van der Waals surface area contributed by atoms with Gasteiger partial charge in [0.05, 0.1) is 6.10 Å². The fourth-order valence-electron chi connectivity index (χ4n) is 10.6. The van der Waals surface area contributed by atoms with Gasteiger partial charge in [-0.2, -0.15) is 0 Å². The van der Waals surface area contributed by atoms with Gasteiger partial charge in [0, 0.05) is 6.61 Å². The Hall–Kier alpha value is -0.340. The summed E-state index contributed by atoms with van der Waals surface area (Å²) < 4.78 is 0. The van der Waals surface area contributed by atoms with Gasteiger partial charge in [-0.15, -0.1) is 6.58 Å². The molecule has 2 heteroatoms. The number of fused-ring (bicyclic) bond motifs is 7. The van der Waals surface area contributed by atoms with Crippen LogP contribution in [-0.2, 0) is 0 Å². The van der Waals surface area contributed by atoms with Crippen molar-refractivity contribution in [2.24, 2.45) is 51.2 Å². The second-order valence-corrected chi connectivity index (χ2v) is 13.1. The second kappa shape index (κ2) is 9.96. The Bertz CT molecular complexity index is 674. The highest BCUT2D eigenvalue weighted by molar-refractivity contribution is 5.17. The van der Waals surface area contributed by atoms with E-state index in [4.69, 9.17) is 0 Å². The summed E-state index contributed by atoms with van der Waals surface area (Å²) in [6.07, 6.45) is 16.0. The van der Waals surface area contributed by atoms with Gasteiger partial charge in [-0.25, -0.2) is 0 Å². The van der Waals surface area contributed by atoms with Crippen molar-refractivity contribution in [3.05, 3.63) is 12.7 Å². The van der Waals surface area contributed by atoms with Crippen LogP contribution in [0.4, 0.5) is 0 Å². The molecule has 2 N–H and O–H groups in total. The first-order chi connectivity index (χ1) is 15.6. The van der Waals surface area contributed by atoms with Crippen molar-refractivity contribution in [2.45, 2.75) is 125 Å². The molecule has 10 atom stereocenters. The molecule has 0 radical (unpaired) electrons. The largest absolute Gasteiger partial charge is 0.396 e. The quantitative estimate of drug-likeness (QED) is 0.389. The summed E-state index contributed by atoms with van der Waals surface area (Å²) in [5, 5.41) is 20.9. The second-order valence-electron chi connectivity index (χ2n) is 13.1. The van der Waals surface area contributed by atoms with E-state index in [-0.39, 0.29) is 11.5 Å². The van der Waals surface area contributed by atoms with Crippen LogP contribution >= 0.6 is 0 Å². The average molecular weight is 461 g/mol. The highest BCUT2D eigenvalue weighted by Gasteiger charge is 2.68. The van der Waals surface area contributed by atoms with Crippen LogP contribution in [0.5, 0.6) is 0 Å². The Balaban J connectivity index is 0.000000569. The smallest absolute Gasteiger partial charge is 0.0568 e. The van der Waals surface area contributed by atoms with E-state index in [0.717, 1.165) is 24.2 Å². The minimum atomic E-state index is -0.0762. The highest BCUT2D eigenvalue weighted by atomic mass is 16.3. The zero-order valence-electron chi connectivity index (χ0n) is 23.1. The molecule has 5 saturated carbocycles. The van der Waals surface area contributed by atoms with Gasteiger partial charge in [-0.1, -0.05) is 54.0 Å². The molecule has 9 unspecified atom stereocenters. The van der Waals surface area contributed by atoms with Gasteiger partial charge in [0.2, 0.25) is 0 Å². The molecule has 5 fully saturated rings. The van der Waals surface area contributed by atoms with E-state index in [2.05, 4.69) is 34.3 Å². The third-order valence-electron chi connectivity index (χ3n) is 12.4. The fourth-order valence-corrected chi connectivity index (χ4v) is 10.6. The van der Waals surface area contributed by atoms with E-state index in [1.54, 1.807) is 6.08 Å². The minimum absolute atomic E-state index is 0.0762. The molecule has 192 valence electrons. The van der Waals surface area contributed by atoms with Gasteiger partial charge in [0.15, 0.2) is 0 Å². The Kier molecular flexibility index (Phi) is 8.23. The molecule has 0 aromatic carbocycles. The van der Waals surface area contributed by atoms with E-state index in [0.29, 0.717) is 34.7 Å². The van der Waals surface area contributed by atoms with Crippen LogP contribution in [0.3, 0.4) is 0 Å². The van der Waals surface area contributed by atoms with Crippen LogP contribution in [-0.4, -0.2) is 22.9 Å². The molecule has 0 saturated heterocycles. The maximum atomic E-state index is 10.6. The van der Waals surface area contributed by atoms with Crippen LogP contribution in [0.25, 0.3) is 0 Å². The van der Waals surface area contributed by atoms with Crippen molar-refractivity contribution in [1.29, 1.82) is 0 Å². The van der Waals surface area contributed by atoms with Crippen molar-refractivity contribution < 1.29 is 10.2 Å². The van der Waals surface area contributed by atoms with Crippen LogP contribution < -0.4 is 0 Å². The summed E-state index contributed by atoms with van der Waals surface area (Å²) in [7, 11) is 0. The van der Waals surface area contributed by atoms with E-state index in [9.17, 15) is 10.2 Å². The lowest BCUT2D eigenvalue weighted by Gasteiger charge is -2.71. The Labute approximate surface area is 206 Å². The maximum absolute atomic E-state index is 10.6. The molecule has 5 aliphatic carbocycles. The number of allylic oxidation sites excluding steroid dienone is 1. The lowest BCUT2D eigenvalue weighted by atomic mass is 9.33. The van der Waals surface area contributed by atoms with Gasteiger partial charge in [-0.3, -0.25) is 0 Å². The zero-order valence-corrected chi connectivity index (χ0v) is 23.1. The Morgan fingerprint density at radius 2 is 1.48 bits per heavy atom. The lowest BCUT2D eigenvalue weighted by Crippen LogP contribution is -2.65. The molecule has 5 rings (SSSR count). The molecule has 0 spiro atoms. The van der Waals surface area contributed by atoms with Gasteiger partial charge < -0.3 is 10.2 Å². The Morgan fingerprint density at radius 1 is 0.818 bits per heavy atom. The predicted octanol–water partition coefficient (Wildman–Crippen LogP) is 8.02. The van der Waals surface area contributed by atoms with Crippen molar-refractivity contribution in [3.63, 3.8) is 0 Å². The Morgan fingerprint density at radius 3 is 2.12 bits per heavy atom. The van der Waals surface area contributed by atoms with E-state index >= 15 is 0 Å².